The third-order valence-corrected chi connectivity index (χ3v) is 4.48. The monoisotopic (exact) mass is 277 g/mol. The first-order valence-corrected chi connectivity index (χ1v) is 6.92. The van der Waals surface area contributed by atoms with Crippen LogP contribution in [-0.2, 0) is 9.53 Å². The molecule has 0 radical (unpaired) electrons. The Balaban J connectivity index is 1.90. The quantitative estimate of drug-likeness (QED) is 0.910. The Kier molecular flexibility index (Phi) is 3.22. The number of nitrogens with two attached hydrogens (primary N) is 1. The van der Waals surface area contributed by atoms with Crippen molar-refractivity contribution in [1.29, 1.82) is 0 Å². The van der Waals surface area contributed by atoms with Crippen LogP contribution in [0.3, 0.4) is 0 Å². The van der Waals surface area contributed by atoms with Crippen molar-refractivity contribution < 1.29 is 9.53 Å². The molecule has 1 atom stereocenters. The number of amides is 1. The maximum atomic E-state index is 11.7. The predicted octanol–water partition coefficient (Wildman–Crippen LogP) is 1.15. The number of para-hydroxylation sites is 1. The summed E-state index contributed by atoms with van der Waals surface area (Å²) in [5, 5.41) is 0.767. The van der Waals surface area contributed by atoms with E-state index in [1.807, 2.05) is 29.2 Å². The first kappa shape index (κ1) is 12.5. The van der Waals surface area contributed by atoms with Crippen LogP contribution in [0.5, 0.6) is 0 Å². The van der Waals surface area contributed by atoms with Gasteiger partial charge in [-0.2, -0.15) is 0 Å². The molecule has 1 unspecified atom stereocenters. The lowest BCUT2D eigenvalue weighted by Crippen LogP contribution is -2.55. The zero-order valence-corrected chi connectivity index (χ0v) is 11.4. The van der Waals surface area contributed by atoms with E-state index >= 15 is 0 Å². The third-order valence-electron chi connectivity index (χ3n) is 3.39. The van der Waals surface area contributed by atoms with E-state index in [1.165, 1.54) is 11.3 Å². The molecule has 1 saturated heterocycles. The Morgan fingerprint density at radius 1 is 1.53 bits per heavy atom. The molecule has 2 aromatic rings. The lowest BCUT2D eigenvalue weighted by molar-refractivity contribution is -0.129. The van der Waals surface area contributed by atoms with E-state index in [9.17, 15) is 4.79 Å². The number of aromatic nitrogens is 1. The summed E-state index contributed by atoms with van der Waals surface area (Å²) in [4.78, 5) is 18.2. The van der Waals surface area contributed by atoms with Crippen molar-refractivity contribution in [2.24, 2.45) is 5.73 Å². The van der Waals surface area contributed by atoms with Gasteiger partial charge in [-0.3, -0.25) is 9.69 Å². The Morgan fingerprint density at radius 3 is 2.89 bits per heavy atom. The minimum absolute atomic E-state index is 0.191. The van der Waals surface area contributed by atoms with Crippen LogP contribution in [-0.4, -0.2) is 42.1 Å². The second-order valence-electron chi connectivity index (χ2n) is 4.64. The summed E-state index contributed by atoms with van der Waals surface area (Å²) >= 11 is 1.53. The second kappa shape index (κ2) is 4.88. The predicted molar refractivity (Wildman–Crippen MR) is 73.9 cm³/mol. The van der Waals surface area contributed by atoms with Crippen molar-refractivity contribution >= 4 is 27.5 Å². The number of benzene rings is 1. The minimum Gasteiger partial charge on any atom is -0.379 e. The van der Waals surface area contributed by atoms with Gasteiger partial charge >= 0.3 is 0 Å². The van der Waals surface area contributed by atoms with Gasteiger partial charge in [0.15, 0.2) is 0 Å². The molecular weight excluding hydrogens is 262 g/mol. The maximum Gasteiger partial charge on any atom is 0.241 e. The molecule has 2 heterocycles. The fraction of sp³-hybridized carbons (Fsp3) is 0.385. The van der Waals surface area contributed by atoms with Crippen LogP contribution in [0.2, 0.25) is 0 Å². The van der Waals surface area contributed by atoms with Crippen molar-refractivity contribution in [2.45, 2.75) is 12.1 Å². The van der Waals surface area contributed by atoms with Crippen LogP contribution >= 0.6 is 11.3 Å². The van der Waals surface area contributed by atoms with Gasteiger partial charge in [-0.15, -0.1) is 11.3 Å². The fourth-order valence-electron chi connectivity index (χ4n) is 2.29. The van der Waals surface area contributed by atoms with Gasteiger partial charge in [0.25, 0.3) is 0 Å². The number of thiazole rings is 1. The first-order valence-electron chi connectivity index (χ1n) is 6.10. The normalized spacial score (nSPS) is 18.4. The SMILES string of the molecule is COC1CN(C(C(N)=O)c2nc3ccccc3s2)C1. The highest BCUT2D eigenvalue weighted by Crippen LogP contribution is 2.32. The van der Waals surface area contributed by atoms with Crippen LogP contribution in [0.15, 0.2) is 24.3 Å². The van der Waals surface area contributed by atoms with Gasteiger partial charge in [-0.25, -0.2) is 4.98 Å². The summed E-state index contributed by atoms with van der Waals surface area (Å²) in [6, 6.07) is 7.41. The Morgan fingerprint density at radius 2 is 2.26 bits per heavy atom. The molecule has 0 bridgehead atoms. The first-order chi connectivity index (χ1) is 9.19. The summed E-state index contributed by atoms with van der Waals surface area (Å²) in [5.41, 5.74) is 6.45. The Hall–Kier alpha value is -1.50. The minimum atomic E-state index is -0.441. The number of fused-ring (bicyclic) bond motifs is 1. The standard InChI is InChI=1S/C13H15N3O2S/c1-18-8-6-16(7-8)11(12(14)17)13-15-9-4-2-3-5-10(9)19-13/h2-5,8,11H,6-7H2,1H3,(H2,14,17). The van der Waals surface area contributed by atoms with Gasteiger partial charge in [-0.1, -0.05) is 12.1 Å². The Bertz CT molecular complexity index is 574. The summed E-state index contributed by atoms with van der Waals surface area (Å²) < 4.78 is 6.31. The molecule has 1 fully saturated rings. The van der Waals surface area contributed by atoms with Gasteiger partial charge in [0.2, 0.25) is 5.91 Å². The van der Waals surface area contributed by atoms with Gasteiger partial charge in [0.1, 0.15) is 11.0 Å². The average molecular weight is 277 g/mol. The topological polar surface area (TPSA) is 68.5 Å². The van der Waals surface area contributed by atoms with Crippen LogP contribution in [0.25, 0.3) is 10.2 Å². The molecule has 1 aromatic carbocycles. The van der Waals surface area contributed by atoms with Crippen LogP contribution in [0, 0.1) is 0 Å². The van der Waals surface area contributed by atoms with E-state index in [0.717, 1.165) is 28.3 Å². The number of likely N-dealkylation sites (tertiary alicyclic amines) is 1. The molecule has 0 aliphatic carbocycles. The van der Waals surface area contributed by atoms with Gasteiger partial charge in [0, 0.05) is 20.2 Å². The van der Waals surface area contributed by atoms with Crippen molar-refractivity contribution in [3.63, 3.8) is 0 Å². The largest absolute Gasteiger partial charge is 0.379 e. The number of ether oxygens (including phenoxy) is 1. The molecule has 3 rings (SSSR count). The maximum absolute atomic E-state index is 11.7. The van der Waals surface area contributed by atoms with Crippen LogP contribution < -0.4 is 5.73 Å². The highest BCUT2D eigenvalue weighted by molar-refractivity contribution is 7.18. The van der Waals surface area contributed by atoms with Crippen molar-refractivity contribution in [2.75, 3.05) is 20.2 Å². The average Bonchev–Trinajstić information content (AvgIpc) is 2.75. The molecular formula is C13H15N3O2S. The molecule has 100 valence electrons. The zero-order chi connectivity index (χ0) is 13.4. The molecule has 5 nitrogen and oxygen atoms in total. The lowest BCUT2D eigenvalue weighted by Gasteiger charge is -2.41. The van der Waals surface area contributed by atoms with E-state index < -0.39 is 6.04 Å². The van der Waals surface area contributed by atoms with Crippen molar-refractivity contribution in [3.8, 4) is 0 Å². The van der Waals surface area contributed by atoms with E-state index in [1.54, 1.807) is 7.11 Å². The van der Waals surface area contributed by atoms with E-state index in [0.29, 0.717) is 0 Å². The van der Waals surface area contributed by atoms with Gasteiger partial charge < -0.3 is 10.5 Å². The van der Waals surface area contributed by atoms with Crippen molar-refractivity contribution in [3.05, 3.63) is 29.3 Å². The summed E-state index contributed by atoms with van der Waals surface area (Å²) in [7, 11) is 1.68. The summed E-state index contributed by atoms with van der Waals surface area (Å²) in [5.74, 6) is -0.353. The van der Waals surface area contributed by atoms with Gasteiger partial charge in [0.05, 0.1) is 16.3 Å². The smallest absolute Gasteiger partial charge is 0.241 e. The van der Waals surface area contributed by atoms with E-state index in [-0.39, 0.29) is 12.0 Å². The second-order valence-corrected chi connectivity index (χ2v) is 5.70. The number of rotatable bonds is 4. The molecule has 1 aliphatic rings. The van der Waals surface area contributed by atoms with Crippen molar-refractivity contribution in [1.82, 2.24) is 9.88 Å². The molecule has 0 spiro atoms. The highest BCUT2D eigenvalue weighted by Gasteiger charge is 2.37. The van der Waals surface area contributed by atoms with E-state index in [4.69, 9.17) is 10.5 Å². The third kappa shape index (κ3) is 2.22. The highest BCUT2D eigenvalue weighted by atomic mass is 32.1. The zero-order valence-electron chi connectivity index (χ0n) is 10.6. The summed E-state index contributed by atoms with van der Waals surface area (Å²) in [6.07, 6.45) is 0.191. The molecule has 1 amide bonds. The molecule has 1 aliphatic heterocycles. The molecule has 2 N–H and O–H groups in total. The van der Waals surface area contributed by atoms with Crippen LogP contribution in [0.4, 0.5) is 0 Å². The summed E-state index contributed by atoms with van der Waals surface area (Å²) in [6.45, 7) is 1.44. The molecule has 1 aromatic heterocycles. The molecule has 0 saturated carbocycles. The molecule has 6 heteroatoms. The van der Waals surface area contributed by atoms with E-state index in [2.05, 4.69) is 4.98 Å². The fourth-order valence-corrected chi connectivity index (χ4v) is 3.41. The number of carbonyl (C=O) groups excluding carboxylic acids is 1. The number of hydrogen-bond acceptors (Lipinski definition) is 5. The lowest BCUT2D eigenvalue weighted by atomic mass is 10.1. The number of nitrogens with zero attached hydrogens (tertiary/aromatic N) is 2. The Labute approximate surface area is 115 Å². The number of primary amides is 1. The molecule has 19 heavy (non-hydrogen) atoms. The van der Waals surface area contributed by atoms with Crippen LogP contribution in [0.1, 0.15) is 11.0 Å². The number of carbonyl (C=O) groups is 1. The van der Waals surface area contributed by atoms with Gasteiger partial charge in [-0.05, 0) is 12.1 Å². The number of methoxy groups -OCH3 is 1. The number of hydrogen-bond donors (Lipinski definition) is 1.